The molecule has 30 heavy (non-hydrogen) atoms. The van der Waals surface area contributed by atoms with Crippen molar-refractivity contribution in [1.29, 1.82) is 0 Å². The van der Waals surface area contributed by atoms with Gasteiger partial charge in [-0.2, -0.15) is 4.98 Å². The van der Waals surface area contributed by atoms with Crippen molar-refractivity contribution < 1.29 is 9.53 Å². The number of ether oxygens (including phenoxy) is 1. The third-order valence-electron chi connectivity index (χ3n) is 5.16. The van der Waals surface area contributed by atoms with Crippen LogP contribution in [0.5, 0.6) is 0 Å². The molecule has 0 unspecified atom stereocenters. The van der Waals surface area contributed by atoms with E-state index in [4.69, 9.17) is 4.74 Å². The summed E-state index contributed by atoms with van der Waals surface area (Å²) in [6.07, 6.45) is 12.3. The van der Waals surface area contributed by atoms with Crippen molar-refractivity contribution in [2.75, 3.05) is 25.1 Å². The molecule has 1 atom stereocenters. The van der Waals surface area contributed by atoms with Crippen molar-refractivity contribution >= 4 is 11.7 Å². The summed E-state index contributed by atoms with van der Waals surface area (Å²) in [6.45, 7) is 6.13. The fourth-order valence-corrected chi connectivity index (χ4v) is 3.29. The second-order valence-corrected chi connectivity index (χ2v) is 7.84. The summed E-state index contributed by atoms with van der Waals surface area (Å²) in [4.78, 5) is 26.3. The number of carbonyl (C=O) groups excluding carboxylic acids is 1. The van der Waals surface area contributed by atoms with E-state index in [1.165, 1.54) is 12.8 Å². The molecule has 1 saturated carbocycles. The summed E-state index contributed by atoms with van der Waals surface area (Å²) in [5, 5.41) is 6.44. The van der Waals surface area contributed by atoms with Gasteiger partial charge in [0.05, 0.1) is 0 Å². The van der Waals surface area contributed by atoms with E-state index < -0.39 is 0 Å². The number of aryl methyl sites for hydroxylation is 1. The first-order valence-electron chi connectivity index (χ1n) is 11.2. The Morgan fingerprint density at radius 1 is 1.30 bits per heavy atom. The van der Waals surface area contributed by atoms with E-state index in [9.17, 15) is 4.79 Å². The van der Waals surface area contributed by atoms with Crippen molar-refractivity contribution in [3.05, 3.63) is 30.5 Å². The molecule has 1 aliphatic rings. The lowest BCUT2D eigenvalue weighted by atomic mass is 10.1. The Morgan fingerprint density at radius 2 is 2.17 bits per heavy atom. The molecule has 2 aromatic heterocycles. The summed E-state index contributed by atoms with van der Waals surface area (Å²) < 4.78 is 7.14. The highest BCUT2D eigenvalue weighted by Gasteiger charge is 2.29. The van der Waals surface area contributed by atoms with Crippen LogP contribution in [0.3, 0.4) is 0 Å². The molecule has 2 N–H and O–H groups in total. The van der Waals surface area contributed by atoms with Crippen molar-refractivity contribution in [1.82, 2.24) is 24.8 Å². The Labute approximate surface area is 178 Å². The SMILES string of the molecule is CCCCc1cc(N[C@@H](CC2CC2)C(=O)NCCCOCC)nc(-n2ccnc2)n1. The average Bonchev–Trinajstić information content (AvgIpc) is 3.39. The number of hydrogen-bond acceptors (Lipinski definition) is 6. The molecule has 2 aromatic rings. The van der Waals surface area contributed by atoms with Crippen molar-refractivity contribution in [3.8, 4) is 5.95 Å². The molecule has 0 aliphatic heterocycles. The van der Waals surface area contributed by atoms with E-state index in [1.807, 2.05) is 19.2 Å². The minimum absolute atomic E-state index is 0.0244. The van der Waals surface area contributed by atoms with E-state index >= 15 is 0 Å². The summed E-state index contributed by atoms with van der Waals surface area (Å²) >= 11 is 0. The standard InChI is InChI=1S/C22H34N6O2/c1-3-5-7-18-15-20(27-22(25-18)28-12-11-23-16-28)26-19(14-17-8-9-17)21(29)24-10-6-13-30-4-2/h11-12,15-17,19H,3-10,13-14H2,1-2H3,(H,24,29)(H,25,26,27)/t19-/m0/s1. The number of rotatable bonds is 14. The zero-order valence-corrected chi connectivity index (χ0v) is 18.1. The van der Waals surface area contributed by atoms with Crippen LogP contribution < -0.4 is 10.6 Å². The normalized spacial score (nSPS) is 14.5. The van der Waals surface area contributed by atoms with Crippen molar-refractivity contribution in [2.24, 2.45) is 5.92 Å². The Balaban J connectivity index is 1.70. The van der Waals surface area contributed by atoms with Gasteiger partial charge in [0.1, 0.15) is 18.2 Å². The molecule has 8 nitrogen and oxygen atoms in total. The van der Waals surface area contributed by atoms with Crippen LogP contribution in [-0.2, 0) is 16.0 Å². The summed E-state index contributed by atoms with van der Waals surface area (Å²) in [5.41, 5.74) is 0.973. The molecule has 0 radical (unpaired) electrons. The van der Waals surface area contributed by atoms with E-state index in [-0.39, 0.29) is 11.9 Å². The molecule has 8 heteroatoms. The maximum absolute atomic E-state index is 12.8. The van der Waals surface area contributed by atoms with Gasteiger partial charge in [-0.1, -0.05) is 26.2 Å². The lowest BCUT2D eigenvalue weighted by Crippen LogP contribution is -2.41. The van der Waals surface area contributed by atoms with Crippen LogP contribution in [0.25, 0.3) is 5.95 Å². The van der Waals surface area contributed by atoms with Crippen LogP contribution >= 0.6 is 0 Å². The Bertz CT molecular complexity index is 776. The van der Waals surface area contributed by atoms with Gasteiger partial charge >= 0.3 is 0 Å². The summed E-state index contributed by atoms with van der Waals surface area (Å²) in [5.74, 6) is 1.91. The predicted octanol–water partition coefficient (Wildman–Crippen LogP) is 3.13. The van der Waals surface area contributed by atoms with Gasteiger partial charge in [-0.05, 0) is 38.5 Å². The molecular weight excluding hydrogens is 380 g/mol. The average molecular weight is 415 g/mol. The summed E-state index contributed by atoms with van der Waals surface area (Å²) in [6, 6.07) is 1.67. The number of imidazole rings is 1. The Hall–Kier alpha value is -2.48. The molecule has 1 fully saturated rings. The number of carbonyl (C=O) groups is 1. The van der Waals surface area contributed by atoms with Gasteiger partial charge in [0.15, 0.2) is 0 Å². The molecule has 3 rings (SSSR count). The van der Waals surface area contributed by atoms with Gasteiger partial charge in [0.2, 0.25) is 11.9 Å². The minimum atomic E-state index is -0.297. The molecule has 164 valence electrons. The second-order valence-electron chi connectivity index (χ2n) is 7.84. The third kappa shape index (κ3) is 7.09. The zero-order chi connectivity index (χ0) is 21.2. The number of unbranched alkanes of at least 4 members (excludes halogenated alkanes) is 1. The van der Waals surface area contributed by atoms with Crippen LogP contribution in [0.4, 0.5) is 5.82 Å². The van der Waals surface area contributed by atoms with E-state index in [0.717, 1.165) is 37.8 Å². The third-order valence-corrected chi connectivity index (χ3v) is 5.16. The monoisotopic (exact) mass is 414 g/mol. The van der Waals surface area contributed by atoms with Gasteiger partial charge < -0.3 is 15.4 Å². The van der Waals surface area contributed by atoms with Crippen LogP contribution in [0.15, 0.2) is 24.8 Å². The number of amides is 1. The minimum Gasteiger partial charge on any atom is -0.382 e. The van der Waals surface area contributed by atoms with Gasteiger partial charge in [-0.3, -0.25) is 9.36 Å². The molecule has 0 aromatic carbocycles. The highest BCUT2D eigenvalue weighted by atomic mass is 16.5. The van der Waals surface area contributed by atoms with E-state index in [0.29, 0.717) is 37.4 Å². The second kappa shape index (κ2) is 11.6. The quantitative estimate of drug-likeness (QED) is 0.461. The van der Waals surface area contributed by atoms with Crippen molar-refractivity contribution in [3.63, 3.8) is 0 Å². The fourth-order valence-electron chi connectivity index (χ4n) is 3.29. The molecule has 0 saturated heterocycles. The number of nitrogens with zero attached hydrogens (tertiary/aromatic N) is 4. The first-order valence-corrected chi connectivity index (χ1v) is 11.2. The number of anilines is 1. The topological polar surface area (TPSA) is 94.0 Å². The maximum atomic E-state index is 12.8. The molecule has 2 heterocycles. The van der Waals surface area contributed by atoms with Gasteiger partial charge in [0.25, 0.3) is 0 Å². The molecule has 0 spiro atoms. The smallest absolute Gasteiger partial charge is 0.242 e. The molecule has 0 bridgehead atoms. The van der Waals surface area contributed by atoms with Gasteiger partial charge in [-0.15, -0.1) is 0 Å². The molecule has 1 aliphatic carbocycles. The Kier molecular flexibility index (Phi) is 8.62. The van der Waals surface area contributed by atoms with E-state index in [2.05, 4.69) is 32.5 Å². The molecule has 1 amide bonds. The lowest BCUT2D eigenvalue weighted by Gasteiger charge is -2.20. The maximum Gasteiger partial charge on any atom is 0.242 e. The van der Waals surface area contributed by atoms with Crippen LogP contribution in [-0.4, -0.2) is 51.2 Å². The largest absolute Gasteiger partial charge is 0.382 e. The van der Waals surface area contributed by atoms with Crippen LogP contribution in [0.2, 0.25) is 0 Å². The summed E-state index contributed by atoms with van der Waals surface area (Å²) in [7, 11) is 0. The fraction of sp³-hybridized carbons (Fsp3) is 0.636. The first-order chi connectivity index (χ1) is 14.7. The van der Waals surface area contributed by atoms with Gasteiger partial charge in [0, 0.05) is 43.9 Å². The van der Waals surface area contributed by atoms with Crippen molar-refractivity contribution in [2.45, 2.75) is 64.8 Å². The lowest BCUT2D eigenvalue weighted by molar-refractivity contribution is -0.122. The van der Waals surface area contributed by atoms with Crippen LogP contribution in [0.1, 0.15) is 58.1 Å². The van der Waals surface area contributed by atoms with Crippen LogP contribution in [0, 0.1) is 5.92 Å². The number of nitrogens with one attached hydrogen (secondary N) is 2. The number of aromatic nitrogens is 4. The molecular formula is C22H34N6O2. The Morgan fingerprint density at radius 3 is 2.87 bits per heavy atom. The zero-order valence-electron chi connectivity index (χ0n) is 18.1. The first kappa shape index (κ1) is 22.2. The highest BCUT2D eigenvalue weighted by Crippen LogP contribution is 2.34. The number of hydrogen-bond donors (Lipinski definition) is 2. The predicted molar refractivity (Wildman–Crippen MR) is 117 cm³/mol. The highest BCUT2D eigenvalue weighted by molar-refractivity contribution is 5.84. The van der Waals surface area contributed by atoms with E-state index in [1.54, 1.807) is 17.1 Å². The van der Waals surface area contributed by atoms with Gasteiger partial charge in [-0.25, -0.2) is 9.97 Å².